The van der Waals surface area contributed by atoms with Crippen molar-refractivity contribution in [3.8, 4) is 0 Å². The van der Waals surface area contributed by atoms with Gasteiger partial charge >= 0.3 is 6.18 Å². The van der Waals surface area contributed by atoms with Crippen LogP contribution in [0.25, 0.3) is 0 Å². The summed E-state index contributed by atoms with van der Waals surface area (Å²) in [5.41, 5.74) is -0.548. The molecule has 2 saturated heterocycles. The summed E-state index contributed by atoms with van der Waals surface area (Å²) in [6, 6.07) is 5.53. The molecule has 2 aliphatic rings. The first-order valence-corrected chi connectivity index (χ1v) is 11.1. The zero-order chi connectivity index (χ0) is 21.8. The van der Waals surface area contributed by atoms with Crippen LogP contribution in [0.4, 0.5) is 13.2 Å². The summed E-state index contributed by atoms with van der Waals surface area (Å²) in [6.07, 6.45) is -0.0430. The van der Waals surface area contributed by atoms with Crippen molar-refractivity contribution in [3.05, 3.63) is 35.4 Å². The highest BCUT2D eigenvalue weighted by molar-refractivity contribution is 5.29. The van der Waals surface area contributed by atoms with Gasteiger partial charge in [-0.3, -0.25) is 0 Å². The molecule has 0 amide bonds. The van der Waals surface area contributed by atoms with Crippen molar-refractivity contribution in [2.45, 2.75) is 109 Å². The molecule has 7 heteroatoms. The Morgan fingerprint density at radius 3 is 2.43 bits per heavy atom. The fourth-order valence-corrected chi connectivity index (χ4v) is 4.41. The normalized spacial score (nSPS) is 31.3. The number of rotatable bonds is 10. The number of unbranched alkanes of at least 4 members (excludes halogenated alkanes) is 1. The first-order valence-electron chi connectivity index (χ1n) is 11.1. The smallest absolute Gasteiger partial charge is 0.368 e. The van der Waals surface area contributed by atoms with Gasteiger partial charge in [0.1, 0.15) is 12.2 Å². The van der Waals surface area contributed by atoms with Crippen LogP contribution in [0.3, 0.4) is 0 Å². The average molecular weight is 431 g/mol. The van der Waals surface area contributed by atoms with E-state index in [1.54, 1.807) is 6.07 Å². The monoisotopic (exact) mass is 430 g/mol. The highest BCUT2D eigenvalue weighted by Gasteiger charge is 2.57. The number of fused-ring (bicyclic) bond motifs is 1. The number of hydrogen-bond donors (Lipinski definition) is 0. The fraction of sp³-hybridized carbons (Fsp3) is 0.739. The standard InChI is InChI=1S/C23H33F3O4/c1-4-7-14-22(13-6-3)29-20-19(18(10-5-2)28-21(20)30-22)27-15-16-11-8-9-12-17(16)23(24,25)26/h8-9,11-12,18-21H,4-7,10,13-15H2,1-3H3/t18-,19+,20-,21-,22?/m1/s1. The average Bonchev–Trinajstić information content (AvgIpc) is 3.19. The number of halogens is 3. The zero-order valence-electron chi connectivity index (χ0n) is 18.0. The Hall–Kier alpha value is -1.15. The lowest BCUT2D eigenvalue weighted by Gasteiger charge is -2.31. The number of ether oxygens (including phenoxy) is 4. The summed E-state index contributed by atoms with van der Waals surface area (Å²) in [4.78, 5) is 0. The van der Waals surface area contributed by atoms with E-state index in [0.717, 1.165) is 51.0 Å². The molecule has 0 bridgehead atoms. The van der Waals surface area contributed by atoms with Crippen molar-refractivity contribution in [2.75, 3.05) is 0 Å². The number of hydrogen-bond acceptors (Lipinski definition) is 4. The lowest BCUT2D eigenvalue weighted by molar-refractivity contribution is -0.244. The quantitative estimate of drug-likeness (QED) is 0.442. The molecule has 3 rings (SSSR count). The molecule has 2 fully saturated rings. The molecule has 170 valence electrons. The summed E-state index contributed by atoms with van der Waals surface area (Å²) in [5, 5.41) is 0. The van der Waals surface area contributed by atoms with Crippen molar-refractivity contribution in [1.82, 2.24) is 0 Å². The van der Waals surface area contributed by atoms with Crippen LogP contribution < -0.4 is 0 Å². The Bertz CT molecular complexity index is 681. The van der Waals surface area contributed by atoms with Crippen molar-refractivity contribution in [2.24, 2.45) is 0 Å². The largest absolute Gasteiger partial charge is 0.416 e. The third kappa shape index (κ3) is 5.18. The molecule has 0 spiro atoms. The molecule has 0 saturated carbocycles. The van der Waals surface area contributed by atoms with Crippen LogP contribution in [0, 0.1) is 0 Å². The van der Waals surface area contributed by atoms with Gasteiger partial charge in [-0.15, -0.1) is 0 Å². The predicted octanol–water partition coefficient (Wildman–Crippen LogP) is 6.22. The molecular formula is C23H33F3O4. The van der Waals surface area contributed by atoms with Crippen LogP contribution in [0.5, 0.6) is 0 Å². The Balaban J connectivity index is 1.75. The molecule has 30 heavy (non-hydrogen) atoms. The molecule has 0 aliphatic carbocycles. The van der Waals surface area contributed by atoms with Gasteiger partial charge in [-0.1, -0.05) is 58.2 Å². The molecule has 1 aromatic carbocycles. The summed E-state index contributed by atoms with van der Waals surface area (Å²) >= 11 is 0. The maximum Gasteiger partial charge on any atom is 0.416 e. The highest BCUT2D eigenvalue weighted by atomic mass is 19.4. The van der Waals surface area contributed by atoms with Crippen molar-refractivity contribution in [1.29, 1.82) is 0 Å². The van der Waals surface area contributed by atoms with Crippen molar-refractivity contribution < 1.29 is 32.1 Å². The second kappa shape index (κ2) is 9.98. The molecule has 4 nitrogen and oxygen atoms in total. The molecule has 2 aliphatic heterocycles. The molecule has 5 atom stereocenters. The highest BCUT2D eigenvalue weighted by Crippen LogP contribution is 2.44. The molecule has 1 aromatic rings. The fourth-order valence-electron chi connectivity index (χ4n) is 4.41. The van der Waals surface area contributed by atoms with E-state index < -0.39 is 36.0 Å². The Morgan fingerprint density at radius 2 is 1.77 bits per heavy atom. The van der Waals surface area contributed by atoms with E-state index in [4.69, 9.17) is 18.9 Å². The van der Waals surface area contributed by atoms with Gasteiger partial charge in [0.2, 0.25) is 0 Å². The lowest BCUT2D eigenvalue weighted by Crippen LogP contribution is -2.39. The van der Waals surface area contributed by atoms with Crippen LogP contribution in [-0.4, -0.2) is 30.4 Å². The van der Waals surface area contributed by atoms with E-state index in [1.165, 1.54) is 12.1 Å². The third-order valence-corrected chi connectivity index (χ3v) is 5.82. The van der Waals surface area contributed by atoms with Crippen LogP contribution in [-0.2, 0) is 31.7 Å². The Kier molecular flexibility index (Phi) is 7.82. The minimum Gasteiger partial charge on any atom is -0.368 e. The van der Waals surface area contributed by atoms with E-state index in [9.17, 15) is 13.2 Å². The second-order valence-corrected chi connectivity index (χ2v) is 8.23. The lowest BCUT2D eigenvalue weighted by atomic mass is 10.0. The van der Waals surface area contributed by atoms with Crippen LogP contribution in [0.1, 0.15) is 76.8 Å². The molecular weight excluding hydrogens is 397 g/mol. The van der Waals surface area contributed by atoms with E-state index in [2.05, 4.69) is 13.8 Å². The van der Waals surface area contributed by atoms with Gasteiger partial charge in [0.15, 0.2) is 12.1 Å². The maximum atomic E-state index is 13.3. The molecule has 0 radical (unpaired) electrons. The SMILES string of the molecule is CCCCC1(CCC)O[C@H]2O[C@H](CCC)[C@H](OCc3ccccc3C(F)(F)F)[C@H]2O1. The van der Waals surface area contributed by atoms with Gasteiger partial charge < -0.3 is 18.9 Å². The number of benzene rings is 1. The zero-order valence-corrected chi connectivity index (χ0v) is 18.0. The third-order valence-electron chi connectivity index (χ3n) is 5.82. The van der Waals surface area contributed by atoms with Gasteiger partial charge in [-0.2, -0.15) is 13.2 Å². The minimum absolute atomic E-state index is 0.119. The second-order valence-electron chi connectivity index (χ2n) is 8.23. The minimum atomic E-state index is -4.42. The van der Waals surface area contributed by atoms with Crippen LogP contribution in [0.15, 0.2) is 24.3 Å². The van der Waals surface area contributed by atoms with Crippen molar-refractivity contribution >= 4 is 0 Å². The van der Waals surface area contributed by atoms with Crippen LogP contribution >= 0.6 is 0 Å². The summed E-state index contributed by atoms with van der Waals surface area (Å²) in [5.74, 6) is -0.692. The molecule has 2 heterocycles. The first kappa shape index (κ1) is 23.5. The van der Waals surface area contributed by atoms with Gasteiger partial charge in [-0.05, 0) is 24.5 Å². The summed E-state index contributed by atoms with van der Waals surface area (Å²) in [7, 11) is 0. The van der Waals surface area contributed by atoms with Gasteiger partial charge in [0, 0.05) is 12.8 Å². The van der Waals surface area contributed by atoms with Gasteiger partial charge in [0.05, 0.1) is 18.3 Å². The van der Waals surface area contributed by atoms with E-state index in [1.807, 2.05) is 6.92 Å². The van der Waals surface area contributed by atoms with Crippen LogP contribution in [0.2, 0.25) is 0 Å². The van der Waals surface area contributed by atoms with Gasteiger partial charge in [0.25, 0.3) is 0 Å². The van der Waals surface area contributed by atoms with Gasteiger partial charge in [-0.25, -0.2) is 0 Å². The Morgan fingerprint density at radius 1 is 1.00 bits per heavy atom. The Labute approximate surface area is 177 Å². The number of alkyl halides is 3. The summed E-state index contributed by atoms with van der Waals surface area (Å²) < 4.78 is 64.8. The topological polar surface area (TPSA) is 36.9 Å². The van der Waals surface area contributed by atoms with E-state index in [-0.39, 0.29) is 18.3 Å². The van der Waals surface area contributed by atoms with E-state index >= 15 is 0 Å². The molecule has 0 N–H and O–H groups in total. The molecule has 1 unspecified atom stereocenters. The molecule has 0 aromatic heterocycles. The van der Waals surface area contributed by atoms with Crippen molar-refractivity contribution in [3.63, 3.8) is 0 Å². The predicted molar refractivity (Wildman–Crippen MR) is 107 cm³/mol. The first-order chi connectivity index (χ1) is 14.3. The summed E-state index contributed by atoms with van der Waals surface area (Å²) in [6.45, 7) is 6.09. The maximum absolute atomic E-state index is 13.3. The van der Waals surface area contributed by atoms with E-state index in [0.29, 0.717) is 0 Å².